The van der Waals surface area contributed by atoms with E-state index in [1.54, 1.807) is 6.07 Å². The molecule has 0 spiro atoms. The minimum atomic E-state index is -1.06. The van der Waals surface area contributed by atoms with Crippen LogP contribution in [0.5, 0.6) is 5.75 Å². The number of rotatable bonds is 3. The smallest absolute Gasteiger partial charge is 0.404 e. The summed E-state index contributed by atoms with van der Waals surface area (Å²) in [6.45, 7) is 0.305. The van der Waals surface area contributed by atoms with Gasteiger partial charge in [-0.15, -0.1) is 0 Å². The van der Waals surface area contributed by atoms with Crippen molar-refractivity contribution in [1.29, 1.82) is 0 Å². The molecule has 0 heterocycles. The van der Waals surface area contributed by atoms with Crippen molar-refractivity contribution in [3.05, 3.63) is 28.8 Å². The zero-order chi connectivity index (χ0) is 10.6. The van der Waals surface area contributed by atoms with Gasteiger partial charge in [-0.1, -0.05) is 17.7 Å². The summed E-state index contributed by atoms with van der Waals surface area (Å²) in [6.07, 6.45) is -0.550. The van der Waals surface area contributed by atoms with Gasteiger partial charge in [0.1, 0.15) is 5.75 Å². The molecule has 0 atom stereocenters. The van der Waals surface area contributed by atoms with E-state index < -0.39 is 6.09 Å². The van der Waals surface area contributed by atoms with Crippen molar-refractivity contribution in [2.45, 2.75) is 6.42 Å². The highest BCUT2D eigenvalue weighted by atomic mass is 35.5. The highest BCUT2D eigenvalue weighted by molar-refractivity contribution is 6.31. The van der Waals surface area contributed by atoms with Crippen LogP contribution in [0.1, 0.15) is 5.56 Å². The molecule has 1 amide bonds. The zero-order valence-electron chi connectivity index (χ0n) is 7.33. The van der Waals surface area contributed by atoms with Gasteiger partial charge in [0.05, 0.1) is 0 Å². The maximum atomic E-state index is 10.1. The first-order valence-electron chi connectivity index (χ1n) is 4.04. The van der Waals surface area contributed by atoms with Crippen molar-refractivity contribution in [3.63, 3.8) is 0 Å². The lowest BCUT2D eigenvalue weighted by Gasteiger charge is -2.04. The normalized spacial score (nSPS) is 9.79. The van der Waals surface area contributed by atoms with Gasteiger partial charge in [0, 0.05) is 11.6 Å². The first-order valence-corrected chi connectivity index (χ1v) is 4.41. The van der Waals surface area contributed by atoms with Gasteiger partial charge in [0.25, 0.3) is 0 Å². The number of phenolic OH excluding ortho intramolecular Hbond substituents is 1. The number of halogens is 1. The van der Waals surface area contributed by atoms with Gasteiger partial charge in [-0.05, 0) is 24.1 Å². The highest BCUT2D eigenvalue weighted by Gasteiger charge is 2.01. The van der Waals surface area contributed by atoms with Crippen LogP contribution in [0.4, 0.5) is 4.79 Å². The summed E-state index contributed by atoms with van der Waals surface area (Å²) in [5.74, 6) is 0.102. The Kier molecular flexibility index (Phi) is 3.59. The molecule has 0 aromatic heterocycles. The van der Waals surface area contributed by atoms with E-state index in [4.69, 9.17) is 21.8 Å². The Bertz CT molecular complexity index is 341. The van der Waals surface area contributed by atoms with Crippen molar-refractivity contribution in [1.82, 2.24) is 5.32 Å². The van der Waals surface area contributed by atoms with Gasteiger partial charge in [-0.3, -0.25) is 0 Å². The zero-order valence-corrected chi connectivity index (χ0v) is 8.08. The molecule has 0 aliphatic carbocycles. The molecule has 0 radical (unpaired) electrons. The van der Waals surface area contributed by atoms with Crippen LogP contribution in [0.15, 0.2) is 18.2 Å². The summed E-state index contributed by atoms with van der Waals surface area (Å²) in [5.41, 5.74) is 0.804. The molecule has 0 saturated heterocycles. The fourth-order valence-corrected chi connectivity index (χ4v) is 1.31. The molecule has 1 aromatic carbocycles. The molecule has 5 heteroatoms. The number of hydrogen-bond acceptors (Lipinski definition) is 2. The second-order valence-electron chi connectivity index (χ2n) is 2.76. The predicted octanol–water partition coefficient (Wildman–Crippen LogP) is 1.86. The van der Waals surface area contributed by atoms with Crippen LogP contribution >= 0.6 is 11.6 Å². The Morgan fingerprint density at radius 3 is 2.79 bits per heavy atom. The number of carboxylic acid groups (broad SMARTS) is 1. The maximum absolute atomic E-state index is 10.1. The highest BCUT2D eigenvalue weighted by Crippen LogP contribution is 2.21. The third kappa shape index (κ3) is 3.14. The lowest BCUT2D eigenvalue weighted by Crippen LogP contribution is -2.23. The second kappa shape index (κ2) is 4.72. The van der Waals surface area contributed by atoms with Gasteiger partial charge in [0.15, 0.2) is 0 Å². The molecular formula is C9H10ClNO3. The van der Waals surface area contributed by atoms with E-state index in [0.29, 0.717) is 18.0 Å². The molecule has 0 bridgehead atoms. The minimum absolute atomic E-state index is 0.102. The largest absolute Gasteiger partial charge is 0.508 e. The van der Waals surface area contributed by atoms with E-state index in [1.165, 1.54) is 12.1 Å². The van der Waals surface area contributed by atoms with Crippen molar-refractivity contribution < 1.29 is 15.0 Å². The van der Waals surface area contributed by atoms with Crippen molar-refractivity contribution in [2.75, 3.05) is 6.54 Å². The molecule has 0 unspecified atom stereocenters. The van der Waals surface area contributed by atoms with Crippen LogP contribution in [0.3, 0.4) is 0 Å². The average Bonchev–Trinajstić information content (AvgIpc) is 2.08. The average molecular weight is 216 g/mol. The molecule has 0 aliphatic heterocycles. The van der Waals surface area contributed by atoms with E-state index in [1.807, 2.05) is 0 Å². The van der Waals surface area contributed by atoms with Crippen molar-refractivity contribution in [3.8, 4) is 5.75 Å². The Balaban J connectivity index is 2.55. The van der Waals surface area contributed by atoms with E-state index in [-0.39, 0.29) is 5.75 Å². The predicted molar refractivity (Wildman–Crippen MR) is 52.8 cm³/mol. The summed E-state index contributed by atoms with van der Waals surface area (Å²) < 4.78 is 0. The third-order valence-corrected chi connectivity index (χ3v) is 2.06. The molecule has 14 heavy (non-hydrogen) atoms. The summed E-state index contributed by atoms with van der Waals surface area (Å²) in [7, 11) is 0. The fraction of sp³-hybridized carbons (Fsp3) is 0.222. The molecular weight excluding hydrogens is 206 g/mol. The summed E-state index contributed by atoms with van der Waals surface area (Å²) in [6, 6.07) is 4.61. The number of benzene rings is 1. The Labute approximate surface area is 86.1 Å². The van der Waals surface area contributed by atoms with E-state index in [2.05, 4.69) is 5.32 Å². The van der Waals surface area contributed by atoms with Crippen molar-refractivity contribution >= 4 is 17.7 Å². The Hall–Kier alpha value is -1.42. The quantitative estimate of drug-likeness (QED) is 0.721. The molecule has 1 rings (SSSR count). The molecule has 4 nitrogen and oxygen atoms in total. The summed E-state index contributed by atoms with van der Waals surface area (Å²) >= 11 is 5.81. The molecule has 76 valence electrons. The topological polar surface area (TPSA) is 69.6 Å². The summed E-state index contributed by atoms with van der Waals surface area (Å²) in [5, 5.41) is 20.1. The number of nitrogens with one attached hydrogen (secondary N) is 1. The number of carbonyl (C=O) groups is 1. The van der Waals surface area contributed by atoms with Crippen LogP contribution in [0.25, 0.3) is 0 Å². The van der Waals surface area contributed by atoms with Gasteiger partial charge in [-0.25, -0.2) is 4.79 Å². The van der Waals surface area contributed by atoms with E-state index in [0.717, 1.165) is 5.56 Å². The molecule has 1 aromatic rings. The van der Waals surface area contributed by atoms with Crippen LogP contribution < -0.4 is 5.32 Å². The maximum Gasteiger partial charge on any atom is 0.404 e. The van der Waals surface area contributed by atoms with Crippen LogP contribution in [-0.4, -0.2) is 22.9 Å². The van der Waals surface area contributed by atoms with E-state index >= 15 is 0 Å². The molecule has 3 N–H and O–H groups in total. The SMILES string of the molecule is O=C(O)NCCc1ccc(O)cc1Cl. The van der Waals surface area contributed by atoms with Crippen LogP contribution in [0.2, 0.25) is 5.02 Å². The molecule has 0 aliphatic rings. The lowest BCUT2D eigenvalue weighted by atomic mass is 10.1. The summed E-state index contributed by atoms with van der Waals surface area (Å²) in [4.78, 5) is 10.1. The van der Waals surface area contributed by atoms with Gasteiger partial charge in [-0.2, -0.15) is 0 Å². The van der Waals surface area contributed by atoms with Crippen molar-refractivity contribution in [2.24, 2.45) is 0 Å². The van der Waals surface area contributed by atoms with Crippen LogP contribution in [0, 0.1) is 0 Å². The van der Waals surface area contributed by atoms with Gasteiger partial charge >= 0.3 is 6.09 Å². The second-order valence-corrected chi connectivity index (χ2v) is 3.16. The molecule has 0 saturated carbocycles. The Morgan fingerprint density at radius 1 is 1.50 bits per heavy atom. The standard InChI is InChI=1S/C9H10ClNO3/c10-8-5-7(12)2-1-6(8)3-4-11-9(13)14/h1-2,5,11-12H,3-4H2,(H,13,14). The number of aromatic hydroxyl groups is 1. The first kappa shape index (κ1) is 10.7. The third-order valence-electron chi connectivity index (χ3n) is 1.71. The fourth-order valence-electron chi connectivity index (χ4n) is 1.04. The number of amides is 1. The lowest BCUT2D eigenvalue weighted by molar-refractivity contribution is 0.194. The number of hydrogen-bond donors (Lipinski definition) is 3. The van der Waals surface area contributed by atoms with E-state index in [9.17, 15) is 4.79 Å². The Morgan fingerprint density at radius 2 is 2.21 bits per heavy atom. The number of phenols is 1. The monoisotopic (exact) mass is 215 g/mol. The molecule has 0 fully saturated rings. The van der Waals surface area contributed by atoms with Gasteiger partial charge in [0.2, 0.25) is 0 Å². The van der Waals surface area contributed by atoms with Crippen LogP contribution in [-0.2, 0) is 6.42 Å². The first-order chi connectivity index (χ1) is 6.59. The minimum Gasteiger partial charge on any atom is -0.508 e. The van der Waals surface area contributed by atoms with Gasteiger partial charge < -0.3 is 15.5 Å².